The Bertz CT molecular complexity index is 833. The molecule has 2 rings (SSSR count). The topological polar surface area (TPSA) is 63.0 Å². The molecular weight excluding hydrogens is 377 g/mol. The number of nitrogens with zero attached hydrogens (tertiary/aromatic N) is 2. The van der Waals surface area contributed by atoms with Crippen LogP contribution < -0.4 is 0 Å². The minimum Gasteiger partial charge on any atom is -0.462 e. The van der Waals surface area contributed by atoms with Crippen molar-refractivity contribution >= 4 is 29.3 Å². The summed E-state index contributed by atoms with van der Waals surface area (Å²) >= 11 is 6.63. The molecule has 0 fully saturated rings. The number of nitriles is 1. The van der Waals surface area contributed by atoms with Gasteiger partial charge in [-0.2, -0.15) is 18.4 Å². The summed E-state index contributed by atoms with van der Waals surface area (Å²) in [5.74, 6) is -1.18. The van der Waals surface area contributed by atoms with Gasteiger partial charge in [0.15, 0.2) is 5.69 Å². The molecule has 4 nitrogen and oxygen atoms in total. The highest BCUT2D eigenvalue weighted by atomic mass is 35.5. The maximum absolute atomic E-state index is 13.3. The Morgan fingerprint density at radius 1 is 1.36 bits per heavy atom. The number of alkyl halides is 3. The van der Waals surface area contributed by atoms with E-state index in [0.717, 1.165) is 17.8 Å². The molecule has 0 aliphatic rings. The molecular formula is C16H10ClF3N2O2S. The zero-order valence-corrected chi connectivity index (χ0v) is 14.3. The fourth-order valence-electron chi connectivity index (χ4n) is 1.85. The second kappa shape index (κ2) is 7.76. The summed E-state index contributed by atoms with van der Waals surface area (Å²) in [5.41, 5.74) is -2.33. The molecule has 0 aliphatic carbocycles. The lowest BCUT2D eigenvalue weighted by atomic mass is 10.1. The van der Waals surface area contributed by atoms with Crippen molar-refractivity contribution in [3.8, 4) is 6.07 Å². The van der Waals surface area contributed by atoms with Crippen LogP contribution in [-0.4, -0.2) is 17.6 Å². The first-order chi connectivity index (χ1) is 11.8. The molecule has 9 heteroatoms. The Kier molecular flexibility index (Phi) is 5.93. The summed E-state index contributed by atoms with van der Waals surface area (Å²) in [4.78, 5) is 15.9. The van der Waals surface area contributed by atoms with Gasteiger partial charge in [0.2, 0.25) is 0 Å². The van der Waals surface area contributed by atoms with Crippen LogP contribution in [0.15, 0.2) is 40.3 Å². The van der Waals surface area contributed by atoms with Crippen molar-refractivity contribution in [2.75, 3.05) is 6.61 Å². The molecule has 0 saturated heterocycles. The van der Waals surface area contributed by atoms with Crippen LogP contribution in [0, 0.1) is 11.3 Å². The maximum Gasteiger partial charge on any atom is 0.434 e. The fraction of sp³-hybridized carbons (Fsp3) is 0.188. The van der Waals surface area contributed by atoms with E-state index in [0.29, 0.717) is 9.92 Å². The van der Waals surface area contributed by atoms with Crippen LogP contribution in [0.5, 0.6) is 0 Å². The first kappa shape index (κ1) is 19.1. The third-order valence-electron chi connectivity index (χ3n) is 2.90. The molecule has 0 saturated carbocycles. The number of halogens is 4. The number of aromatic nitrogens is 1. The highest BCUT2D eigenvalue weighted by molar-refractivity contribution is 7.99. The molecule has 1 aromatic heterocycles. The van der Waals surface area contributed by atoms with Crippen LogP contribution in [0.25, 0.3) is 0 Å². The minimum atomic E-state index is -4.87. The predicted octanol–water partition coefficient (Wildman–Crippen LogP) is 4.95. The Morgan fingerprint density at radius 3 is 2.52 bits per heavy atom. The van der Waals surface area contributed by atoms with Crippen LogP contribution in [0.3, 0.4) is 0 Å². The van der Waals surface area contributed by atoms with E-state index in [4.69, 9.17) is 11.6 Å². The molecule has 0 radical (unpaired) electrons. The quantitative estimate of drug-likeness (QED) is 0.695. The van der Waals surface area contributed by atoms with E-state index in [1.807, 2.05) is 0 Å². The van der Waals surface area contributed by atoms with Gasteiger partial charge in [-0.3, -0.25) is 0 Å². The summed E-state index contributed by atoms with van der Waals surface area (Å²) in [5, 5.41) is 9.52. The van der Waals surface area contributed by atoms with Crippen LogP contribution >= 0.6 is 23.4 Å². The Hall–Kier alpha value is -2.24. The monoisotopic (exact) mass is 386 g/mol. The molecule has 0 atom stereocenters. The molecule has 0 aliphatic heterocycles. The molecule has 1 aromatic carbocycles. The van der Waals surface area contributed by atoms with Gasteiger partial charge in [-0.15, -0.1) is 0 Å². The lowest BCUT2D eigenvalue weighted by Gasteiger charge is -2.14. The Morgan fingerprint density at radius 2 is 2.00 bits per heavy atom. The Balaban J connectivity index is 2.55. The molecule has 25 heavy (non-hydrogen) atoms. The van der Waals surface area contributed by atoms with Gasteiger partial charge >= 0.3 is 12.1 Å². The lowest BCUT2D eigenvalue weighted by Crippen LogP contribution is -2.18. The number of pyridine rings is 1. The number of rotatable bonds is 4. The van der Waals surface area contributed by atoms with Crippen molar-refractivity contribution in [1.29, 1.82) is 5.26 Å². The van der Waals surface area contributed by atoms with Crippen molar-refractivity contribution in [2.45, 2.75) is 23.0 Å². The van der Waals surface area contributed by atoms with Crippen LogP contribution in [0.4, 0.5) is 13.2 Å². The zero-order valence-electron chi connectivity index (χ0n) is 12.7. The van der Waals surface area contributed by atoms with Crippen molar-refractivity contribution in [1.82, 2.24) is 4.98 Å². The summed E-state index contributed by atoms with van der Waals surface area (Å²) in [6, 6.07) is 8.91. The molecule has 2 aromatic rings. The predicted molar refractivity (Wildman–Crippen MR) is 85.5 cm³/mol. The molecule has 0 unspecified atom stereocenters. The van der Waals surface area contributed by atoms with Gasteiger partial charge in [0.25, 0.3) is 0 Å². The van der Waals surface area contributed by atoms with Crippen LogP contribution in [0.1, 0.15) is 28.5 Å². The van der Waals surface area contributed by atoms with E-state index in [1.165, 1.54) is 6.92 Å². The lowest BCUT2D eigenvalue weighted by molar-refractivity contribution is -0.142. The van der Waals surface area contributed by atoms with Crippen LogP contribution in [-0.2, 0) is 10.9 Å². The van der Waals surface area contributed by atoms with E-state index in [-0.39, 0.29) is 17.2 Å². The zero-order chi connectivity index (χ0) is 18.6. The highest BCUT2D eigenvalue weighted by Gasteiger charge is 2.39. The summed E-state index contributed by atoms with van der Waals surface area (Å²) in [6.45, 7) is 1.37. The fourth-order valence-corrected chi connectivity index (χ4v) is 2.82. The van der Waals surface area contributed by atoms with Crippen molar-refractivity contribution in [2.24, 2.45) is 0 Å². The minimum absolute atomic E-state index is 0.0979. The number of hydrogen-bond donors (Lipinski definition) is 0. The second-order valence-corrected chi connectivity index (χ2v) is 6.12. The largest absolute Gasteiger partial charge is 0.462 e. The smallest absolute Gasteiger partial charge is 0.434 e. The molecule has 1 heterocycles. The summed E-state index contributed by atoms with van der Waals surface area (Å²) in [7, 11) is 0. The number of carbonyl (C=O) groups excluding carboxylic acids is 1. The summed E-state index contributed by atoms with van der Waals surface area (Å²) in [6.07, 6.45) is -4.87. The third kappa shape index (κ3) is 4.65. The Labute approximate surface area is 150 Å². The van der Waals surface area contributed by atoms with Gasteiger partial charge in [-0.1, -0.05) is 23.4 Å². The number of ether oxygens (including phenoxy) is 1. The molecule has 0 bridgehead atoms. The van der Waals surface area contributed by atoms with Gasteiger partial charge in [-0.25, -0.2) is 9.78 Å². The first-order valence-electron chi connectivity index (χ1n) is 6.89. The van der Waals surface area contributed by atoms with Crippen molar-refractivity contribution < 1.29 is 22.7 Å². The van der Waals surface area contributed by atoms with Crippen molar-refractivity contribution in [3.63, 3.8) is 0 Å². The average molecular weight is 387 g/mol. The maximum atomic E-state index is 13.3. The second-order valence-electron chi connectivity index (χ2n) is 4.62. The summed E-state index contributed by atoms with van der Waals surface area (Å²) < 4.78 is 44.5. The number of esters is 1. The highest BCUT2D eigenvalue weighted by Crippen LogP contribution is 2.36. The van der Waals surface area contributed by atoms with E-state index < -0.39 is 23.4 Å². The van der Waals surface area contributed by atoms with Gasteiger partial charge < -0.3 is 4.74 Å². The van der Waals surface area contributed by atoms with Gasteiger partial charge in [0, 0.05) is 9.92 Å². The normalized spacial score (nSPS) is 11.0. The van der Waals surface area contributed by atoms with Crippen LogP contribution in [0.2, 0.25) is 5.02 Å². The average Bonchev–Trinajstić information content (AvgIpc) is 2.56. The van der Waals surface area contributed by atoms with E-state index in [1.54, 1.807) is 30.3 Å². The van der Waals surface area contributed by atoms with Crippen molar-refractivity contribution in [3.05, 3.63) is 52.2 Å². The standard InChI is InChI=1S/C16H10ClF3N2O2S/c1-2-24-15(23)12-7-9(8-21)14(22-13(12)16(18,19)20)25-11-5-3-10(17)4-6-11/h3-7H,2H2,1H3. The number of benzene rings is 1. The van der Waals surface area contributed by atoms with Gasteiger partial charge in [-0.05, 0) is 37.3 Å². The van der Waals surface area contributed by atoms with E-state index in [9.17, 15) is 23.2 Å². The molecule has 0 N–H and O–H groups in total. The first-order valence-corrected chi connectivity index (χ1v) is 8.08. The van der Waals surface area contributed by atoms with Gasteiger partial charge in [0.05, 0.1) is 17.7 Å². The SMILES string of the molecule is CCOC(=O)c1cc(C#N)c(Sc2ccc(Cl)cc2)nc1C(F)(F)F. The number of carbonyl (C=O) groups is 1. The number of hydrogen-bond acceptors (Lipinski definition) is 5. The van der Waals surface area contributed by atoms with Gasteiger partial charge in [0.1, 0.15) is 11.1 Å². The van der Waals surface area contributed by atoms with E-state index in [2.05, 4.69) is 9.72 Å². The third-order valence-corrected chi connectivity index (χ3v) is 4.16. The molecule has 0 amide bonds. The molecule has 0 spiro atoms. The molecule has 130 valence electrons. The van der Waals surface area contributed by atoms with E-state index >= 15 is 0 Å².